The molecule has 0 aliphatic heterocycles. The van der Waals surface area contributed by atoms with Gasteiger partial charge in [-0.1, -0.05) is 158 Å². The number of nitrogens with zero attached hydrogens (tertiary/aromatic N) is 1. The van der Waals surface area contributed by atoms with E-state index < -0.39 is 0 Å². The Morgan fingerprint density at radius 1 is 0.286 bits per heavy atom. The molecule has 0 amide bonds. The number of hydrogen-bond acceptors (Lipinski definition) is 2. The lowest BCUT2D eigenvalue weighted by Crippen LogP contribution is -2.11. The second-order valence-electron chi connectivity index (χ2n) is 14.5. The molecule has 56 heavy (non-hydrogen) atoms. The average Bonchev–Trinajstić information content (AvgIpc) is 3.65. The predicted molar refractivity (Wildman–Crippen MR) is 243 cm³/mol. The van der Waals surface area contributed by atoms with Crippen molar-refractivity contribution in [3.8, 4) is 33.4 Å². The monoisotopic (exact) mass is 729 g/mol. The van der Waals surface area contributed by atoms with Crippen LogP contribution in [0.1, 0.15) is 0 Å². The van der Waals surface area contributed by atoms with Crippen molar-refractivity contribution >= 4 is 80.9 Å². The standard InChI is InChI=1S/C54H35NS/c1-3-18-43-37(13-1)15-12-24-44(43)39-16-11-17-42(33-39)55(41-30-27-36(28-31-41)38-29-32-54-51(34-38)49-23-8-10-26-53(49)56-54)52-25-9-7-22-48(52)50-35-40-14-2-4-19-45(40)46-20-5-6-21-47(46)50/h1-35H. The number of hydrogen-bond donors (Lipinski definition) is 0. The molecule has 2 heteroatoms. The van der Waals surface area contributed by atoms with E-state index in [-0.39, 0.29) is 0 Å². The van der Waals surface area contributed by atoms with E-state index in [1.807, 2.05) is 11.3 Å². The molecule has 0 fully saturated rings. The van der Waals surface area contributed by atoms with Gasteiger partial charge in [0.1, 0.15) is 0 Å². The van der Waals surface area contributed by atoms with E-state index in [0.29, 0.717) is 0 Å². The van der Waals surface area contributed by atoms with E-state index in [1.54, 1.807) is 0 Å². The van der Waals surface area contributed by atoms with E-state index in [9.17, 15) is 0 Å². The summed E-state index contributed by atoms with van der Waals surface area (Å²) in [5.74, 6) is 0. The largest absolute Gasteiger partial charge is 0.310 e. The summed E-state index contributed by atoms with van der Waals surface area (Å²) < 4.78 is 2.65. The van der Waals surface area contributed by atoms with Crippen molar-refractivity contribution in [1.29, 1.82) is 0 Å². The summed E-state index contributed by atoms with van der Waals surface area (Å²) in [6, 6.07) is 77.8. The Bertz CT molecular complexity index is 3260. The molecule has 11 aromatic rings. The molecular weight excluding hydrogens is 695 g/mol. The molecule has 0 saturated heterocycles. The van der Waals surface area contributed by atoms with Gasteiger partial charge in [-0.05, 0) is 115 Å². The van der Waals surface area contributed by atoms with E-state index in [0.717, 1.165) is 17.1 Å². The van der Waals surface area contributed by atoms with Gasteiger partial charge >= 0.3 is 0 Å². The molecule has 262 valence electrons. The quantitative estimate of drug-likeness (QED) is 0.154. The fourth-order valence-corrected chi connectivity index (χ4v) is 9.69. The van der Waals surface area contributed by atoms with Crippen LogP contribution < -0.4 is 4.90 Å². The van der Waals surface area contributed by atoms with Gasteiger partial charge in [0, 0.05) is 37.1 Å². The van der Waals surface area contributed by atoms with Gasteiger partial charge in [-0.25, -0.2) is 0 Å². The SMILES string of the molecule is c1cc(-c2cccc3ccccc23)cc(N(c2ccc(-c3ccc4sc5ccccc5c4c3)cc2)c2ccccc2-c2cc3ccccc3c3ccccc23)c1. The van der Waals surface area contributed by atoms with Gasteiger partial charge in [0.25, 0.3) is 0 Å². The zero-order chi connectivity index (χ0) is 37.0. The minimum atomic E-state index is 1.10. The Hall–Kier alpha value is -7.00. The van der Waals surface area contributed by atoms with Gasteiger partial charge in [0.05, 0.1) is 5.69 Å². The van der Waals surface area contributed by atoms with E-state index in [1.165, 1.54) is 85.9 Å². The molecule has 0 aliphatic carbocycles. The molecule has 1 heterocycles. The zero-order valence-corrected chi connectivity index (χ0v) is 31.4. The Morgan fingerprint density at radius 2 is 0.911 bits per heavy atom. The molecule has 1 aromatic heterocycles. The Morgan fingerprint density at radius 3 is 1.79 bits per heavy atom. The summed E-state index contributed by atoms with van der Waals surface area (Å²) in [6.07, 6.45) is 0. The van der Waals surface area contributed by atoms with Gasteiger partial charge in [-0.2, -0.15) is 0 Å². The van der Waals surface area contributed by atoms with E-state index in [2.05, 4.69) is 217 Å². The van der Waals surface area contributed by atoms with Crippen molar-refractivity contribution in [2.24, 2.45) is 0 Å². The first kappa shape index (κ1) is 32.4. The summed E-state index contributed by atoms with van der Waals surface area (Å²) >= 11 is 1.86. The lowest BCUT2D eigenvalue weighted by atomic mass is 9.92. The third-order valence-corrected chi connectivity index (χ3v) is 12.4. The van der Waals surface area contributed by atoms with E-state index >= 15 is 0 Å². The first-order valence-electron chi connectivity index (χ1n) is 19.2. The molecule has 0 N–H and O–H groups in total. The molecule has 0 radical (unpaired) electrons. The average molecular weight is 730 g/mol. The normalized spacial score (nSPS) is 11.6. The zero-order valence-electron chi connectivity index (χ0n) is 30.6. The van der Waals surface area contributed by atoms with Gasteiger partial charge in [-0.15, -0.1) is 11.3 Å². The number of anilines is 3. The molecular formula is C54H35NS. The van der Waals surface area contributed by atoms with Crippen molar-refractivity contribution in [2.75, 3.05) is 4.90 Å². The van der Waals surface area contributed by atoms with Crippen LogP contribution in [0.15, 0.2) is 212 Å². The first-order valence-corrected chi connectivity index (χ1v) is 20.0. The van der Waals surface area contributed by atoms with Gasteiger partial charge in [0.15, 0.2) is 0 Å². The fraction of sp³-hybridized carbons (Fsp3) is 0. The molecule has 10 aromatic carbocycles. The van der Waals surface area contributed by atoms with Crippen LogP contribution in [0.5, 0.6) is 0 Å². The van der Waals surface area contributed by atoms with Crippen LogP contribution in [0.2, 0.25) is 0 Å². The van der Waals surface area contributed by atoms with Crippen LogP contribution in [0.4, 0.5) is 17.1 Å². The summed E-state index contributed by atoms with van der Waals surface area (Å²) in [5, 5.41) is 10.1. The van der Waals surface area contributed by atoms with Crippen LogP contribution in [0.3, 0.4) is 0 Å². The van der Waals surface area contributed by atoms with Gasteiger partial charge in [-0.3, -0.25) is 0 Å². The summed E-state index contributed by atoms with van der Waals surface area (Å²) in [7, 11) is 0. The minimum Gasteiger partial charge on any atom is -0.310 e. The minimum absolute atomic E-state index is 1.10. The second kappa shape index (κ2) is 13.4. The molecule has 0 spiro atoms. The third kappa shape index (κ3) is 5.46. The molecule has 11 rings (SSSR count). The lowest BCUT2D eigenvalue weighted by molar-refractivity contribution is 1.28. The van der Waals surface area contributed by atoms with Crippen molar-refractivity contribution in [1.82, 2.24) is 0 Å². The van der Waals surface area contributed by atoms with Crippen molar-refractivity contribution in [2.45, 2.75) is 0 Å². The molecule has 0 aliphatic rings. The van der Waals surface area contributed by atoms with Crippen molar-refractivity contribution in [3.63, 3.8) is 0 Å². The number of fused-ring (bicyclic) bond motifs is 7. The Kier molecular flexibility index (Phi) is 7.75. The van der Waals surface area contributed by atoms with Crippen LogP contribution in [-0.4, -0.2) is 0 Å². The maximum absolute atomic E-state index is 2.44. The molecule has 0 atom stereocenters. The summed E-state index contributed by atoms with van der Waals surface area (Å²) in [5.41, 5.74) is 10.6. The number of benzene rings is 10. The van der Waals surface area contributed by atoms with Crippen molar-refractivity contribution in [3.05, 3.63) is 212 Å². The Labute approximate surface area is 330 Å². The number of rotatable bonds is 6. The van der Waals surface area contributed by atoms with Crippen LogP contribution >= 0.6 is 11.3 Å². The highest BCUT2D eigenvalue weighted by Crippen LogP contribution is 2.46. The first-order chi connectivity index (χ1) is 27.8. The smallest absolute Gasteiger partial charge is 0.0540 e. The maximum Gasteiger partial charge on any atom is 0.0540 e. The topological polar surface area (TPSA) is 3.24 Å². The molecule has 0 saturated carbocycles. The van der Waals surface area contributed by atoms with Gasteiger partial charge < -0.3 is 4.90 Å². The third-order valence-electron chi connectivity index (χ3n) is 11.2. The van der Waals surface area contributed by atoms with Gasteiger partial charge in [0.2, 0.25) is 0 Å². The second-order valence-corrected chi connectivity index (χ2v) is 15.6. The maximum atomic E-state index is 2.44. The van der Waals surface area contributed by atoms with E-state index in [4.69, 9.17) is 0 Å². The van der Waals surface area contributed by atoms with Crippen molar-refractivity contribution < 1.29 is 0 Å². The number of para-hydroxylation sites is 1. The highest BCUT2D eigenvalue weighted by molar-refractivity contribution is 7.25. The Balaban J connectivity index is 1.10. The molecule has 1 nitrogen and oxygen atoms in total. The fourth-order valence-electron chi connectivity index (χ4n) is 8.60. The molecule has 0 unspecified atom stereocenters. The molecule has 0 bridgehead atoms. The highest BCUT2D eigenvalue weighted by Gasteiger charge is 2.20. The predicted octanol–water partition coefficient (Wildman–Crippen LogP) is 16.0. The van der Waals surface area contributed by atoms with Crippen LogP contribution in [0, 0.1) is 0 Å². The summed E-state index contributed by atoms with van der Waals surface area (Å²) in [6.45, 7) is 0. The van der Waals surface area contributed by atoms with Crippen LogP contribution in [-0.2, 0) is 0 Å². The highest BCUT2D eigenvalue weighted by atomic mass is 32.1. The van der Waals surface area contributed by atoms with Crippen LogP contribution in [0.25, 0.3) is 85.9 Å². The lowest BCUT2D eigenvalue weighted by Gasteiger charge is -2.29. The number of thiophene rings is 1. The summed E-state index contributed by atoms with van der Waals surface area (Å²) in [4.78, 5) is 2.44.